The van der Waals surface area contributed by atoms with Crippen LogP contribution in [0.5, 0.6) is 5.75 Å². The first kappa shape index (κ1) is 15.4. The second-order valence-electron chi connectivity index (χ2n) is 3.73. The maximum Gasteiger partial charge on any atom is 0.252 e. The van der Waals surface area contributed by atoms with E-state index in [4.69, 9.17) is 10.5 Å². The molecule has 8 heteroatoms. The molecule has 0 fully saturated rings. The monoisotopic (exact) mass is 287 g/mol. The fourth-order valence-electron chi connectivity index (χ4n) is 1.44. The van der Waals surface area contributed by atoms with Gasteiger partial charge in [-0.1, -0.05) is 0 Å². The molecule has 0 spiro atoms. The van der Waals surface area contributed by atoms with Gasteiger partial charge in [0.15, 0.2) is 0 Å². The highest BCUT2D eigenvalue weighted by atomic mass is 32.2. The molecule has 0 aliphatic carbocycles. The predicted octanol–water partition coefficient (Wildman–Crippen LogP) is -0.708. The molecular weight excluding hydrogens is 270 g/mol. The maximum absolute atomic E-state index is 11.9. The van der Waals surface area contributed by atoms with Crippen molar-refractivity contribution in [3.63, 3.8) is 0 Å². The van der Waals surface area contributed by atoms with Crippen LogP contribution < -0.4 is 20.5 Å². The number of sulfonamides is 1. The quantitative estimate of drug-likeness (QED) is 0.574. The summed E-state index contributed by atoms with van der Waals surface area (Å²) in [6.45, 7) is 0.745. The van der Waals surface area contributed by atoms with Crippen LogP contribution in [0.25, 0.3) is 0 Å². The lowest BCUT2D eigenvalue weighted by molar-refractivity contribution is 0.0997. The highest BCUT2D eigenvalue weighted by Gasteiger charge is 2.17. The number of nitrogens with two attached hydrogens (primary N) is 1. The smallest absolute Gasteiger partial charge is 0.252 e. The standard InChI is InChI=1S/C11H17N3O4S/c1-13-5-6-14-19(16,17)8-3-4-10(18-2)9(7-8)11(12)15/h3-4,7,13-14H,5-6H2,1-2H3,(H2,12,15). The molecule has 1 aromatic carbocycles. The van der Waals surface area contributed by atoms with Crippen LogP contribution in [0.2, 0.25) is 0 Å². The van der Waals surface area contributed by atoms with Crippen molar-refractivity contribution in [1.29, 1.82) is 0 Å². The minimum absolute atomic E-state index is 0.0268. The van der Waals surface area contributed by atoms with Crippen LogP contribution in [0, 0.1) is 0 Å². The molecular formula is C11H17N3O4S. The maximum atomic E-state index is 11.9. The summed E-state index contributed by atoms with van der Waals surface area (Å²) in [6, 6.07) is 3.95. The van der Waals surface area contributed by atoms with Gasteiger partial charge in [0.1, 0.15) is 5.75 Å². The number of carbonyl (C=O) groups excluding carboxylic acids is 1. The first-order valence-corrected chi connectivity index (χ1v) is 7.03. The van der Waals surface area contributed by atoms with Gasteiger partial charge < -0.3 is 15.8 Å². The Kier molecular flexibility index (Phi) is 5.28. The van der Waals surface area contributed by atoms with E-state index in [-0.39, 0.29) is 22.8 Å². The largest absolute Gasteiger partial charge is 0.496 e. The van der Waals surface area contributed by atoms with E-state index >= 15 is 0 Å². The summed E-state index contributed by atoms with van der Waals surface area (Å²) >= 11 is 0. The molecule has 106 valence electrons. The fourth-order valence-corrected chi connectivity index (χ4v) is 2.50. The minimum Gasteiger partial charge on any atom is -0.496 e. The molecule has 4 N–H and O–H groups in total. The molecule has 0 atom stereocenters. The lowest BCUT2D eigenvalue weighted by Crippen LogP contribution is -2.30. The van der Waals surface area contributed by atoms with Gasteiger partial charge in [-0.05, 0) is 25.2 Å². The van der Waals surface area contributed by atoms with E-state index in [1.54, 1.807) is 7.05 Å². The first-order valence-electron chi connectivity index (χ1n) is 5.54. The van der Waals surface area contributed by atoms with Gasteiger partial charge in [0.05, 0.1) is 17.6 Å². The third-order valence-electron chi connectivity index (χ3n) is 2.41. The number of ether oxygens (including phenoxy) is 1. The molecule has 1 aromatic rings. The van der Waals surface area contributed by atoms with Crippen molar-refractivity contribution in [2.45, 2.75) is 4.90 Å². The topological polar surface area (TPSA) is 111 Å². The Balaban J connectivity index is 3.07. The number of methoxy groups -OCH3 is 1. The molecule has 0 unspecified atom stereocenters. The number of nitrogens with one attached hydrogen (secondary N) is 2. The number of benzene rings is 1. The summed E-state index contributed by atoms with van der Waals surface area (Å²) in [7, 11) is -0.576. The Bertz CT molecular complexity index is 557. The summed E-state index contributed by atoms with van der Waals surface area (Å²) in [5.41, 5.74) is 5.21. The van der Waals surface area contributed by atoms with Crippen molar-refractivity contribution in [3.05, 3.63) is 23.8 Å². The minimum atomic E-state index is -3.67. The lowest BCUT2D eigenvalue weighted by Gasteiger charge is -2.10. The number of primary amides is 1. The number of rotatable bonds is 7. The third kappa shape index (κ3) is 3.91. The number of likely N-dealkylation sites (N-methyl/N-ethyl adjacent to an activating group) is 1. The molecule has 0 aliphatic heterocycles. The second-order valence-corrected chi connectivity index (χ2v) is 5.49. The van der Waals surface area contributed by atoms with Crippen molar-refractivity contribution in [2.75, 3.05) is 27.2 Å². The molecule has 1 rings (SSSR count). The van der Waals surface area contributed by atoms with Gasteiger partial charge in [0.2, 0.25) is 10.0 Å². The molecule has 19 heavy (non-hydrogen) atoms. The van der Waals surface area contributed by atoms with Gasteiger partial charge in [0.25, 0.3) is 5.91 Å². The van der Waals surface area contributed by atoms with Gasteiger partial charge in [-0.3, -0.25) is 4.79 Å². The SMILES string of the molecule is CNCCNS(=O)(=O)c1ccc(OC)c(C(N)=O)c1. The zero-order chi connectivity index (χ0) is 14.5. The fraction of sp³-hybridized carbons (Fsp3) is 0.364. The summed E-state index contributed by atoms with van der Waals surface area (Å²) in [5, 5.41) is 2.82. The van der Waals surface area contributed by atoms with E-state index in [1.165, 1.54) is 25.3 Å². The van der Waals surface area contributed by atoms with Crippen molar-refractivity contribution in [3.8, 4) is 5.75 Å². The van der Waals surface area contributed by atoms with E-state index in [0.717, 1.165) is 0 Å². The van der Waals surface area contributed by atoms with Crippen LogP contribution in [-0.4, -0.2) is 41.6 Å². The summed E-state index contributed by atoms with van der Waals surface area (Å²) in [4.78, 5) is 11.2. The van der Waals surface area contributed by atoms with E-state index in [2.05, 4.69) is 10.0 Å². The number of hydrogen-bond acceptors (Lipinski definition) is 5. The highest BCUT2D eigenvalue weighted by molar-refractivity contribution is 7.89. The van der Waals surface area contributed by atoms with Gasteiger partial charge in [0, 0.05) is 13.1 Å². The molecule has 0 aliphatic rings. The average molecular weight is 287 g/mol. The Labute approximate surface area is 112 Å². The molecule has 0 saturated carbocycles. The number of hydrogen-bond donors (Lipinski definition) is 3. The van der Waals surface area contributed by atoms with Crippen LogP contribution in [-0.2, 0) is 10.0 Å². The zero-order valence-electron chi connectivity index (χ0n) is 10.8. The molecule has 0 heterocycles. The van der Waals surface area contributed by atoms with Crippen molar-refractivity contribution in [2.24, 2.45) is 5.73 Å². The van der Waals surface area contributed by atoms with Gasteiger partial charge in [-0.25, -0.2) is 13.1 Å². The number of carbonyl (C=O) groups is 1. The third-order valence-corrected chi connectivity index (χ3v) is 3.87. The van der Waals surface area contributed by atoms with E-state index in [1.807, 2.05) is 0 Å². The molecule has 0 aromatic heterocycles. The summed E-state index contributed by atoms with van der Waals surface area (Å²) < 4.78 is 31.2. The lowest BCUT2D eigenvalue weighted by atomic mass is 10.2. The van der Waals surface area contributed by atoms with Crippen LogP contribution in [0.15, 0.2) is 23.1 Å². The van der Waals surface area contributed by atoms with Gasteiger partial charge >= 0.3 is 0 Å². The Hall–Kier alpha value is -1.64. The average Bonchev–Trinajstić information content (AvgIpc) is 2.38. The van der Waals surface area contributed by atoms with E-state index in [9.17, 15) is 13.2 Å². The molecule has 0 saturated heterocycles. The van der Waals surface area contributed by atoms with Crippen molar-refractivity contribution < 1.29 is 17.9 Å². The second kappa shape index (κ2) is 6.50. The Morgan fingerprint density at radius 1 is 1.37 bits per heavy atom. The predicted molar refractivity (Wildman–Crippen MR) is 70.6 cm³/mol. The van der Waals surface area contributed by atoms with Gasteiger partial charge in [-0.15, -0.1) is 0 Å². The first-order chi connectivity index (χ1) is 8.92. The van der Waals surface area contributed by atoms with Gasteiger partial charge in [-0.2, -0.15) is 0 Å². The van der Waals surface area contributed by atoms with Crippen molar-refractivity contribution >= 4 is 15.9 Å². The summed E-state index contributed by atoms with van der Waals surface area (Å²) in [6.07, 6.45) is 0. The van der Waals surface area contributed by atoms with Crippen LogP contribution >= 0.6 is 0 Å². The normalized spacial score (nSPS) is 11.3. The van der Waals surface area contributed by atoms with Crippen LogP contribution in [0.3, 0.4) is 0 Å². The van der Waals surface area contributed by atoms with E-state index < -0.39 is 15.9 Å². The molecule has 1 amide bonds. The van der Waals surface area contributed by atoms with Crippen molar-refractivity contribution in [1.82, 2.24) is 10.0 Å². The zero-order valence-corrected chi connectivity index (χ0v) is 11.6. The summed E-state index contributed by atoms with van der Waals surface area (Å²) in [5.74, 6) is -0.509. The molecule has 7 nitrogen and oxygen atoms in total. The van der Waals surface area contributed by atoms with Crippen LogP contribution in [0.1, 0.15) is 10.4 Å². The van der Waals surface area contributed by atoms with E-state index in [0.29, 0.717) is 6.54 Å². The molecule has 0 radical (unpaired) electrons. The Morgan fingerprint density at radius 2 is 2.05 bits per heavy atom. The number of amides is 1. The highest BCUT2D eigenvalue weighted by Crippen LogP contribution is 2.21. The van der Waals surface area contributed by atoms with Crippen LogP contribution in [0.4, 0.5) is 0 Å². The Morgan fingerprint density at radius 3 is 2.58 bits per heavy atom. The molecule has 0 bridgehead atoms.